The van der Waals surface area contributed by atoms with Crippen LogP contribution < -0.4 is 10.5 Å². The largest absolute Gasteiger partial charge is 0.388 e. The molecule has 1 unspecified atom stereocenters. The Morgan fingerprint density at radius 3 is 2.53 bits per heavy atom. The Labute approximate surface area is 114 Å². The van der Waals surface area contributed by atoms with Crippen molar-refractivity contribution in [2.75, 3.05) is 0 Å². The van der Waals surface area contributed by atoms with Gasteiger partial charge in [-0.05, 0) is 31.9 Å². The first-order chi connectivity index (χ1) is 8.76. The van der Waals surface area contributed by atoms with Crippen molar-refractivity contribution in [3.8, 4) is 0 Å². The first-order valence-corrected chi connectivity index (χ1v) is 7.67. The molecule has 6 heteroatoms. The molecule has 4 N–H and O–H groups in total. The zero-order valence-corrected chi connectivity index (χ0v) is 12.3. The molecule has 0 aliphatic carbocycles. The van der Waals surface area contributed by atoms with E-state index in [1.165, 1.54) is 0 Å². The van der Waals surface area contributed by atoms with Gasteiger partial charge in [0.1, 0.15) is 0 Å². The number of hydrogen-bond donors (Lipinski definition) is 3. The third-order valence-electron chi connectivity index (χ3n) is 2.90. The van der Waals surface area contributed by atoms with Crippen molar-refractivity contribution in [2.24, 2.45) is 5.73 Å². The molecule has 106 valence electrons. The lowest BCUT2D eigenvalue weighted by atomic mass is 10.1. The van der Waals surface area contributed by atoms with Crippen LogP contribution in [-0.4, -0.2) is 20.3 Å². The van der Waals surface area contributed by atoms with Gasteiger partial charge in [0.05, 0.1) is 10.7 Å². The molecule has 1 aromatic rings. The molecule has 0 saturated carbocycles. The fourth-order valence-corrected chi connectivity index (χ4v) is 3.46. The van der Waals surface area contributed by atoms with E-state index in [1.807, 2.05) is 19.9 Å². The summed E-state index contributed by atoms with van der Waals surface area (Å²) in [6.07, 6.45) is 0.810. The van der Waals surface area contributed by atoms with Crippen LogP contribution in [0.1, 0.15) is 30.9 Å². The molecule has 0 bridgehead atoms. The summed E-state index contributed by atoms with van der Waals surface area (Å²) in [5.74, 6) is -0.0184. The Balaban J connectivity index is 3.00. The van der Waals surface area contributed by atoms with Gasteiger partial charge in [-0.1, -0.05) is 24.6 Å². The maximum Gasteiger partial charge on any atom is 0.241 e. The first-order valence-electron chi connectivity index (χ1n) is 6.18. The summed E-state index contributed by atoms with van der Waals surface area (Å²) in [5, 5.41) is 7.25. The lowest BCUT2D eigenvalue weighted by molar-refractivity contribution is 0.544. The third-order valence-corrected chi connectivity index (χ3v) is 4.58. The SMILES string of the molecule is CCC(CC(=N)N)NS(=O)(=O)c1ccc(C)cc1C. The lowest BCUT2D eigenvalue weighted by Gasteiger charge is -2.17. The van der Waals surface area contributed by atoms with Crippen LogP contribution in [0.4, 0.5) is 0 Å². The molecule has 0 aliphatic rings. The highest BCUT2D eigenvalue weighted by atomic mass is 32.2. The van der Waals surface area contributed by atoms with Crippen molar-refractivity contribution < 1.29 is 8.42 Å². The summed E-state index contributed by atoms with van der Waals surface area (Å²) < 4.78 is 27.2. The van der Waals surface area contributed by atoms with Crippen molar-refractivity contribution in [3.63, 3.8) is 0 Å². The van der Waals surface area contributed by atoms with E-state index in [0.717, 1.165) is 5.56 Å². The molecule has 0 fully saturated rings. The van der Waals surface area contributed by atoms with Gasteiger partial charge < -0.3 is 5.73 Å². The first kappa shape index (κ1) is 15.7. The highest BCUT2D eigenvalue weighted by molar-refractivity contribution is 7.89. The Bertz CT molecular complexity index is 567. The van der Waals surface area contributed by atoms with E-state index in [9.17, 15) is 8.42 Å². The summed E-state index contributed by atoms with van der Waals surface area (Å²) in [6.45, 7) is 5.55. The molecule has 0 amide bonds. The predicted molar refractivity (Wildman–Crippen MR) is 76.8 cm³/mol. The molecular weight excluding hydrogens is 262 g/mol. The van der Waals surface area contributed by atoms with Crippen LogP contribution in [-0.2, 0) is 10.0 Å². The molecule has 1 rings (SSSR count). The summed E-state index contributed by atoms with van der Waals surface area (Å²) in [7, 11) is -3.57. The molecular formula is C13H21N3O2S. The quantitative estimate of drug-likeness (QED) is 0.547. The number of hydrogen-bond acceptors (Lipinski definition) is 3. The average molecular weight is 283 g/mol. The Kier molecular flexibility index (Phi) is 5.08. The highest BCUT2D eigenvalue weighted by Gasteiger charge is 2.21. The number of benzene rings is 1. The molecule has 5 nitrogen and oxygen atoms in total. The van der Waals surface area contributed by atoms with Crippen LogP contribution in [0.25, 0.3) is 0 Å². The van der Waals surface area contributed by atoms with Crippen LogP contribution >= 0.6 is 0 Å². The Hall–Kier alpha value is -1.40. The zero-order chi connectivity index (χ0) is 14.6. The monoisotopic (exact) mass is 283 g/mol. The van der Waals surface area contributed by atoms with Crippen molar-refractivity contribution >= 4 is 15.9 Å². The van der Waals surface area contributed by atoms with Gasteiger partial charge in [0, 0.05) is 12.5 Å². The van der Waals surface area contributed by atoms with E-state index in [0.29, 0.717) is 12.0 Å². The minimum atomic E-state index is -3.57. The van der Waals surface area contributed by atoms with E-state index < -0.39 is 10.0 Å². The van der Waals surface area contributed by atoms with Gasteiger partial charge >= 0.3 is 0 Å². The second kappa shape index (κ2) is 6.16. The predicted octanol–water partition coefficient (Wildman–Crippen LogP) is 1.69. The molecule has 1 atom stereocenters. The van der Waals surface area contributed by atoms with Crippen molar-refractivity contribution in [3.05, 3.63) is 29.3 Å². The summed E-state index contributed by atoms with van der Waals surface area (Å²) in [4.78, 5) is 0.278. The van der Waals surface area contributed by atoms with Gasteiger partial charge in [0.15, 0.2) is 0 Å². The standard InChI is InChI=1S/C13H21N3O2S/c1-4-11(8-13(14)15)16-19(17,18)12-6-5-9(2)7-10(12)3/h5-7,11,16H,4,8H2,1-3H3,(H3,14,15). The average Bonchev–Trinajstić information content (AvgIpc) is 2.26. The summed E-state index contributed by atoms with van der Waals surface area (Å²) >= 11 is 0. The number of sulfonamides is 1. The Morgan fingerprint density at radius 2 is 2.05 bits per heavy atom. The van der Waals surface area contributed by atoms with E-state index in [-0.39, 0.29) is 23.2 Å². The number of amidine groups is 1. The van der Waals surface area contributed by atoms with Crippen molar-refractivity contribution in [1.82, 2.24) is 4.72 Å². The van der Waals surface area contributed by atoms with Gasteiger partial charge in [-0.15, -0.1) is 0 Å². The summed E-state index contributed by atoms with van der Waals surface area (Å²) in [5.41, 5.74) is 7.06. The molecule has 0 aromatic heterocycles. The van der Waals surface area contributed by atoms with Crippen LogP contribution in [0.15, 0.2) is 23.1 Å². The molecule has 0 aliphatic heterocycles. The highest BCUT2D eigenvalue weighted by Crippen LogP contribution is 2.17. The molecule has 0 saturated heterocycles. The van der Waals surface area contributed by atoms with Crippen LogP contribution in [0, 0.1) is 19.3 Å². The van der Waals surface area contributed by atoms with E-state index >= 15 is 0 Å². The normalized spacial score (nSPS) is 13.2. The van der Waals surface area contributed by atoms with E-state index in [1.54, 1.807) is 19.1 Å². The minimum Gasteiger partial charge on any atom is -0.388 e. The fourth-order valence-electron chi connectivity index (χ4n) is 1.92. The van der Waals surface area contributed by atoms with E-state index in [2.05, 4.69) is 4.72 Å². The maximum atomic E-state index is 12.3. The third kappa shape index (κ3) is 4.33. The van der Waals surface area contributed by atoms with Gasteiger partial charge in [-0.2, -0.15) is 0 Å². The lowest BCUT2D eigenvalue weighted by Crippen LogP contribution is -2.37. The van der Waals surface area contributed by atoms with Crippen LogP contribution in [0.5, 0.6) is 0 Å². The topological polar surface area (TPSA) is 96.0 Å². The van der Waals surface area contributed by atoms with Gasteiger partial charge in [0.25, 0.3) is 0 Å². The second-order valence-electron chi connectivity index (χ2n) is 4.72. The fraction of sp³-hybridized carbons (Fsp3) is 0.462. The van der Waals surface area contributed by atoms with Gasteiger partial charge in [-0.25, -0.2) is 13.1 Å². The zero-order valence-electron chi connectivity index (χ0n) is 11.5. The van der Waals surface area contributed by atoms with Gasteiger partial charge in [0.2, 0.25) is 10.0 Å². The number of aryl methyl sites for hydroxylation is 2. The van der Waals surface area contributed by atoms with Crippen LogP contribution in [0.2, 0.25) is 0 Å². The second-order valence-corrected chi connectivity index (χ2v) is 6.41. The number of nitrogens with one attached hydrogen (secondary N) is 2. The summed E-state index contributed by atoms with van der Waals surface area (Å²) in [6, 6.07) is 4.87. The molecule has 0 radical (unpaired) electrons. The molecule has 19 heavy (non-hydrogen) atoms. The van der Waals surface area contributed by atoms with Crippen LogP contribution in [0.3, 0.4) is 0 Å². The number of nitrogens with two attached hydrogens (primary N) is 1. The number of rotatable bonds is 6. The maximum absolute atomic E-state index is 12.3. The molecule has 1 aromatic carbocycles. The molecule has 0 heterocycles. The smallest absolute Gasteiger partial charge is 0.241 e. The van der Waals surface area contributed by atoms with E-state index in [4.69, 9.17) is 11.1 Å². The minimum absolute atomic E-state index is 0.0184. The van der Waals surface area contributed by atoms with Crippen molar-refractivity contribution in [1.29, 1.82) is 5.41 Å². The van der Waals surface area contributed by atoms with Gasteiger partial charge in [-0.3, -0.25) is 5.41 Å². The van der Waals surface area contributed by atoms with Crippen molar-refractivity contribution in [2.45, 2.75) is 44.6 Å². The Morgan fingerprint density at radius 1 is 1.42 bits per heavy atom. The molecule has 0 spiro atoms.